The highest BCUT2D eigenvalue weighted by Gasteiger charge is 2.87. The third kappa shape index (κ3) is 4.02. The third-order valence-electron chi connectivity index (χ3n) is 4.42. The zero-order valence-corrected chi connectivity index (χ0v) is 18.5. The van der Waals surface area contributed by atoms with Gasteiger partial charge in [0.15, 0.2) is 0 Å². The smallest absolute Gasteiger partial charge is 0.217 e. The lowest BCUT2D eigenvalue weighted by Gasteiger charge is -2.34. The first-order valence-electron chi connectivity index (χ1n) is 8.30. The van der Waals surface area contributed by atoms with Crippen LogP contribution in [0.15, 0.2) is 41.3 Å². The van der Waals surface area contributed by atoms with Gasteiger partial charge in [-0.1, -0.05) is 29.8 Å². The number of hydrogen-bond acceptors (Lipinski definition) is 4. The Balaban J connectivity index is 2.72. The normalized spacial score (nSPS) is 14.4. The van der Waals surface area contributed by atoms with Crippen LogP contribution in [0.3, 0.4) is 0 Å². The van der Waals surface area contributed by atoms with Gasteiger partial charge >= 0.3 is 31.4 Å². The zero-order valence-electron chi connectivity index (χ0n) is 16.1. The van der Waals surface area contributed by atoms with Gasteiger partial charge in [-0.25, -0.2) is 25.6 Å². The maximum atomic E-state index is 14.4. The Labute approximate surface area is 189 Å². The minimum absolute atomic E-state index is 0.0112. The summed E-state index contributed by atoms with van der Waals surface area (Å²) in [6.07, 6.45) is 0. The van der Waals surface area contributed by atoms with Crippen molar-refractivity contribution in [2.45, 2.75) is 34.2 Å². The van der Waals surface area contributed by atoms with Crippen molar-refractivity contribution in [3.8, 4) is 11.1 Å². The van der Waals surface area contributed by atoms with Gasteiger partial charge in [0.2, 0.25) is 0 Å². The number of hydrogen-bond donors (Lipinski definition) is 0. The average molecular weight is 567 g/mol. The van der Waals surface area contributed by atoms with E-state index in [0.717, 1.165) is 0 Å². The van der Waals surface area contributed by atoms with Crippen molar-refractivity contribution in [2.75, 3.05) is 0 Å². The summed E-state index contributed by atoms with van der Waals surface area (Å²) in [6, 6.07) is 5.50. The van der Waals surface area contributed by atoms with Crippen molar-refractivity contribution in [1.82, 2.24) is 0 Å². The van der Waals surface area contributed by atoms with Gasteiger partial charge in [0, 0.05) is 10.7 Å². The van der Waals surface area contributed by atoms with E-state index in [1.807, 2.05) is 0 Å². The van der Waals surface area contributed by atoms with Gasteiger partial charge in [0.1, 0.15) is 16.5 Å². The van der Waals surface area contributed by atoms with Crippen LogP contribution >= 0.6 is 10.7 Å². The van der Waals surface area contributed by atoms with E-state index < -0.39 is 63.3 Å². The summed E-state index contributed by atoms with van der Waals surface area (Å²) < 4.78 is 184. The van der Waals surface area contributed by atoms with Crippen LogP contribution in [-0.2, 0) is 18.9 Å². The van der Waals surface area contributed by atoms with Gasteiger partial charge in [-0.2, -0.15) is 35.1 Å². The summed E-state index contributed by atoms with van der Waals surface area (Å²) in [7, 11) is -10.6. The number of aryl methyl sites for hydroxylation is 1. The molecule has 0 amide bonds. The van der Waals surface area contributed by atoms with Crippen molar-refractivity contribution < 1.29 is 60.7 Å². The maximum Gasteiger partial charge on any atom is 0.427 e. The highest BCUT2D eigenvalue weighted by molar-refractivity contribution is 8.14. The highest BCUT2D eigenvalue weighted by atomic mass is 35.7. The average Bonchev–Trinajstić information content (AvgIpc) is 2.66. The quantitative estimate of drug-likeness (QED) is 0.317. The van der Waals surface area contributed by atoms with Gasteiger partial charge in [0.05, 0.1) is 0 Å². The van der Waals surface area contributed by atoms with Crippen molar-refractivity contribution >= 4 is 29.6 Å². The summed E-state index contributed by atoms with van der Waals surface area (Å²) in [4.78, 5) is -2.85. The fraction of sp³-hybridized carbons (Fsp3) is 0.294. The monoisotopic (exact) mass is 566 g/mol. The Hall–Kier alpha value is -2.07. The van der Waals surface area contributed by atoms with Crippen molar-refractivity contribution in [2.24, 2.45) is 0 Å². The Morgan fingerprint density at radius 2 is 1.06 bits per heavy atom. The first-order chi connectivity index (χ1) is 15.0. The number of rotatable bonds is 7. The lowest BCUT2D eigenvalue weighted by Crippen LogP contribution is -2.65. The molecule has 0 fully saturated rings. The molecule has 0 aliphatic carbocycles. The Bertz CT molecular complexity index is 1300. The molecule has 34 heavy (non-hydrogen) atoms. The van der Waals surface area contributed by atoms with E-state index >= 15 is 0 Å². The van der Waals surface area contributed by atoms with Gasteiger partial charge in [-0.3, -0.25) is 0 Å². The molecule has 2 aromatic rings. The van der Waals surface area contributed by atoms with Gasteiger partial charge in [-0.05, 0) is 30.2 Å². The highest BCUT2D eigenvalue weighted by Crippen LogP contribution is 2.57. The van der Waals surface area contributed by atoms with Gasteiger partial charge in [0.25, 0.3) is 9.84 Å². The number of halogens is 11. The molecule has 4 nitrogen and oxygen atoms in total. The second-order valence-corrected chi connectivity index (χ2v) is 11.3. The van der Waals surface area contributed by atoms with Crippen LogP contribution in [0, 0.1) is 18.6 Å². The molecule has 0 aromatic heterocycles. The minimum Gasteiger partial charge on any atom is -0.217 e. The summed E-state index contributed by atoms with van der Waals surface area (Å²) in [5.41, 5.74) is 0.152. The molecular weight excluding hydrogens is 558 g/mol. The second kappa shape index (κ2) is 8.26. The standard InChI is InChI=1S/C17H9ClF10O4S2/c1-8-2-4-9(5-3-8)10-6-11(19)13(12(20)7-10)33(29,30)16(25,26)14(21,22)15(23,24)17(27,28)34(18,31)32/h2-7H,1H3. The van der Waals surface area contributed by atoms with E-state index in [2.05, 4.69) is 10.7 Å². The van der Waals surface area contributed by atoms with E-state index in [9.17, 15) is 60.7 Å². The van der Waals surface area contributed by atoms with Crippen LogP contribution in [0.25, 0.3) is 11.1 Å². The molecule has 17 heteroatoms. The first-order valence-corrected chi connectivity index (χ1v) is 12.1. The van der Waals surface area contributed by atoms with E-state index in [1.54, 1.807) is 6.92 Å². The van der Waals surface area contributed by atoms with Gasteiger partial charge < -0.3 is 0 Å². The molecule has 0 radical (unpaired) electrons. The molecule has 0 N–H and O–H groups in total. The first kappa shape index (κ1) is 28.2. The SMILES string of the molecule is Cc1ccc(-c2cc(F)c(S(=O)(=O)C(F)(F)C(F)(F)C(F)(F)C(F)(F)S(=O)(=O)Cl)c(F)c2)cc1. The molecule has 0 atom stereocenters. The van der Waals surface area contributed by atoms with Crippen molar-refractivity contribution in [1.29, 1.82) is 0 Å². The predicted octanol–water partition coefficient (Wildman–Crippen LogP) is 5.74. The predicted molar refractivity (Wildman–Crippen MR) is 98.3 cm³/mol. The third-order valence-corrected chi connectivity index (χ3v) is 7.73. The molecule has 0 saturated carbocycles. The molecule has 190 valence electrons. The van der Waals surface area contributed by atoms with Crippen LogP contribution in [0.4, 0.5) is 43.9 Å². The summed E-state index contributed by atoms with van der Waals surface area (Å²) in [6.45, 7) is 1.61. The number of sulfone groups is 1. The topological polar surface area (TPSA) is 68.3 Å². The molecule has 0 bridgehead atoms. The number of alkyl halides is 8. The lowest BCUT2D eigenvalue weighted by molar-refractivity contribution is -0.325. The van der Waals surface area contributed by atoms with Crippen molar-refractivity contribution in [3.63, 3.8) is 0 Å². The maximum absolute atomic E-state index is 14.4. The number of benzene rings is 2. The lowest BCUT2D eigenvalue weighted by atomic mass is 10.0. The molecule has 0 heterocycles. The van der Waals surface area contributed by atoms with E-state index in [-0.39, 0.29) is 17.7 Å². The summed E-state index contributed by atoms with van der Waals surface area (Å²) >= 11 is 0. The molecule has 0 saturated heterocycles. The van der Waals surface area contributed by atoms with Crippen LogP contribution in [0.5, 0.6) is 0 Å². The molecular formula is C17H9ClF10O4S2. The van der Waals surface area contributed by atoms with Gasteiger partial charge in [-0.15, -0.1) is 0 Å². The Kier molecular flexibility index (Phi) is 6.84. The largest absolute Gasteiger partial charge is 0.427 e. The Morgan fingerprint density at radius 1 is 0.676 bits per heavy atom. The summed E-state index contributed by atoms with van der Waals surface area (Å²) in [5.74, 6) is -20.3. The second-order valence-electron chi connectivity index (χ2n) is 6.76. The van der Waals surface area contributed by atoms with Crippen LogP contribution in [-0.4, -0.2) is 39.2 Å². The minimum atomic E-state index is -7.74. The zero-order chi connectivity index (χ0) is 26.7. The molecule has 0 aliphatic heterocycles. The Morgan fingerprint density at radius 3 is 1.44 bits per heavy atom. The van der Waals surface area contributed by atoms with E-state index in [1.165, 1.54) is 24.3 Å². The fourth-order valence-electron chi connectivity index (χ4n) is 2.54. The summed E-state index contributed by atoms with van der Waals surface area (Å²) in [5, 5.41) is -14.5. The molecule has 2 rings (SSSR count). The molecule has 0 spiro atoms. The molecule has 0 aliphatic rings. The van der Waals surface area contributed by atoms with Crippen molar-refractivity contribution in [3.05, 3.63) is 53.6 Å². The van der Waals surface area contributed by atoms with E-state index in [0.29, 0.717) is 5.56 Å². The van der Waals surface area contributed by atoms with Crippen LogP contribution in [0.1, 0.15) is 5.56 Å². The van der Waals surface area contributed by atoms with Crippen LogP contribution in [0.2, 0.25) is 0 Å². The van der Waals surface area contributed by atoms with Crippen LogP contribution < -0.4 is 0 Å². The molecule has 2 aromatic carbocycles. The fourth-order valence-corrected chi connectivity index (χ4v) is 4.62. The van der Waals surface area contributed by atoms with E-state index in [4.69, 9.17) is 0 Å². The molecule has 0 unspecified atom stereocenters.